The number of amides is 1. The SMILES string of the molecule is CC(I)O[C@H]1CC[C@@H](OCCCC(N)=O)CC1. The molecule has 1 unspecified atom stereocenters. The molecule has 1 amide bonds. The molecule has 0 saturated heterocycles. The zero-order valence-electron chi connectivity index (χ0n) is 10.4. The van der Waals surface area contributed by atoms with E-state index in [0.29, 0.717) is 25.2 Å². The molecule has 17 heavy (non-hydrogen) atoms. The number of carbonyl (C=O) groups excluding carboxylic acids is 1. The van der Waals surface area contributed by atoms with E-state index in [1.165, 1.54) is 0 Å². The second-order valence-corrected chi connectivity index (χ2v) is 6.27. The average Bonchev–Trinajstić information content (AvgIpc) is 2.25. The third-order valence-electron chi connectivity index (χ3n) is 2.92. The van der Waals surface area contributed by atoms with Crippen LogP contribution in [0.2, 0.25) is 0 Å². The second kappa shape index (κ2) is 8.26. The Bertz CT molecular complexity index is 228. The lowest BCUT2D eigenvalue weighted by atomic mass is 9.95. The first-order chi connectivity index (χ1) is 8.08. The maximum Gasteiger partial charge on any atom is 0.217 e. The van der Waals surface area contributed by atoms with Crippen LogP contribution in [0.25, 0.3) is 0 Å². The summed E-state index contributed by atoms with van der Waals surface area (Å²) in [5, 5.41) is 0. The molecule has 5 heteroatoms. The van der Waals surface area contributed by atoms with Gasteiger partial charge in [0, 0.05) is 13.0 Å². The topological polar surface area (TPSA) is 61.6 Å². The third-order valence-corrected chi connectivity index (χ3v) is 3.22. The van der Waals surface area contributed by atoms with E-state index in [9.17, 15) is 4.79 Å². The molecule has 1 aliphatic rings. The summed E-state index contributed by atoms with van der Waals surface area (Å²) in [4.78, 5) is 10.5. The molecule has 0 radical (unpaired) electrons. The van der Waals surface area contributed by atoms with Crippen LogP contribution in [0.4, 0.5) is 0 Å². The fourth-order valence-corrected chi connectivity index (χ4v) is 2.51. The highest BCUT2D eigenvalue weighted by atomic mass is 127. The van der Waals surface area contributed by atoms with E-state index in [1.807, 2.05) is 0 Å². The van der Waals surface area contributed by atoms with E-state index < -0.39 is 0 Å². The Kier molecular flexibility index (Phi) is 7.38. The molecule has 100 valence electrons. The predicted octanol–water partition coefficient (Wildman–Crippen LogP) is 2.38. The van der Waals surface area contributed by atoms with E-state index >= 15 is 0 Å². The number of ether oxygens (including phenoxy) is 2. The maximum absolute atomic E-state index is 10.5. The van der Waals surface area contributed by atoms with Crippen LogP contribution in [0, 0.1) is 0 Å². The predicted molar refractivity (Wildman–Crippen MR) is 75.0 cm³/mol. The van der Waals surface area contributed by atoms with Crippen molar-refractivity contribution >= 4 is 28.5 Å². The molecule has 0 spiro atoms. The summed E-state index contributed by atoms with van der Waals surface area (Å²) in [7, 11) is 0. The number of alkyl halides is 1. The third kappa shape index (κ3) is 7.21. The van der Waals surface area contributed by atoms with Crippen molar-refractivity contribution in [3.63, 3.8) is 0 Å². The highest BCUT2D eigenvalue weighted by Crippen LogP contribution is 2.25. The number of carbonyl (C=O) groups is 1. The molecule has 0 aliphatic heterocycles. The van der Waals surface area contributed by atoms with Crippen LogP contribution in [-0.4, -0.2) is 28.8 Å². The first-order valence-electron chi connectivity index (χ1n) is 6.27. The number of nitrogens with two attached hydrogens (primary N) is 1. The molecule has 1 saturated carbocycles. The molecule has 0 bridgehead atoms. The summed E-state index contributed by atoms with van der Waals surface area (Å²) in [5.41, 5.74) is 5.06. The summed E-state index contributed by atoms with van der Waals surface area (Å²) in [6.45, 7) is 2.70. The van der Waals surface area contributed by atoms with Crippen molar-refractivity contribution in [1.29, 1.82) is 0 Å². The van der Waals surface area contributed by atoms with E-state index in [0.717, 1.165) is 32.1 Å². The Labute approximate surface area is 117 Å². The minimum atomic E-state index is -0.248. The Hall–Kier alpha value is 0.120. The molecule has 0 aromatic heterocycles. The van der Waals surface area contributed by atoms with Gasteiger partial charge in [-0.1, -0.05) is 22.6 Å². The van der Waals surface area contributed by atoms with E-state index in [4.69, 9.17) is 15.2 Å². The van der Waals surface area contributed by atoms with Gasteiger partial charge in [0.1, 0.15) is 4.11 Å². The van der Waals surface area contributed by atoms with Crippen LogP contribution < -0.4 is 5.73 Å². The van der Waals surface area contributed by atoms with Crippen molar-refractivity contribution in [3.05, 3.63) is 0 Å². The molecular weight excluding hydrogens is 333 g/mol. The Morgan fingerprint density at radius 3 is 2.47 bits per heavy atom. The Morgan fingerprint density at radius 1 is 1.35 bits per heavy atom. The van der Waals surface area contributed by atoms with Crippen LogP contribution in [0.3, 0.4) is 0 Å². The molecular formula is C12H22INO3. The molecule has 1 atom stereocenters. The van der Waals surface area contributed by atoms with Gasteiger partial charge in [-0.25, -0.2) is 0 Å². The van der Waals surface area contributed by atoms with Crippen molar-refractivity contribution in [1.82, 2.24) is 0 Å². The van der Waals surface area contributed by atoms with Gasteiger partial charge in [-0.3, -0.25) is 4.79 Å². The highest BCUT2D eigenvalue weighted by molar-refractivity contribution is 14.1. The molecule has 4 nitrogen and oxygen atoms in total. The number of hydrogen-bond donors (Lipinski definition) is 1. The first-order valence-corrected chi connectivity index (χ1v) is 7.52. The lowest BCUT2D eigenvalue weighted by molar-refractivity contribution is -0.118. The molecule has 2 N–H and O–H groups in total. The molecule has 1 rings (SSSR count). The normalized spacial score (nSPS) is 26.7. The molecule has 0 aromatic carbocycles. The van der Waals surface area contributed by atoms with E-state index in [-0.39, 0.29) is 10.0 Å². The van der Waals surface area contributed by atoms with Crippen molar-refractivity contribution in [2.75, 3.05) is 6.61 Å². The number of primary amides is 1. The number of halogens is 1. The minimum Gasteiger partial charge on any atom is -0.378 e. The molecule has 0 aromatic rings. The van der Waals surface area contributed by atoms with Crippen LogP contribution >= 0.6 is 22.6 Å². The van der Waals surface area contributed by atoms with Gasteiger partial charge in [-0.15, -0.1) is 0 Å². The summed E-state index contributed by atoms with van der Waals surface area (Å²) < 4.78 is 11.8. The standard InChI is InChI=1S/C12H22INO3/c1-9(13)17-11-6-4-10(5-7-11)16-8-2-3-12(14)15/h9-11H,2-8H2,1H3,(H2,14,15)/t9?,10-,11+. The molecule has 0 heterocycles. The van der Waals surface area contributed by atoms with E-state index in [1.54, 1.807) is 0 Å². The Morgan fingerprint density at radius 2 is 1.94 bits per heavy atom. The van der Waals surface area contributed by atoms with Gasteiger partial charge in [-0.05, 0) is 39.0 Å². The maximum atomic E-state index is 10.5. The second-order valence-electron chi connectivity index (χ2n) is 4.52. The average molecular weight is 355 g/mol. The zero-order valence-corrected chi connectivity index (χ0v) is 12.5. The van der Waals surface area contributed by atoms with Crippen LogP contribution in [-0.2, 0) is 14.3 Å². The van der Waals surface area contributed by atoms with Crippen LogP contribution in [0.5, 0.6) is 0 Å². The summed E-state index contributed by atoms with van der Waals surface area (Å²) >= 11 is 2.29. The molecule has 1 aliphatic carbocycles. The lowest BCUT2D eigenvalue weighted by Crippen LogP contribution is -2.28. The first kappa shape index (κ1) is 15.2. The van der Waals surface area contributed by atoms with Crippen molar-refractivity contribution < 1.29 is 14.3 Å². The quantitative estimate of drug-likeness (QED) is 0.433. The summed E-state index contributed by atoms with van der Waals surface area (Å²) in [5.74, 6) is -0.248. The zero-order chi connectivity index (χ0) is 12.7. The number of hydrogen-bond acceptors (Lipinski definition) is 3. The van der Waals surface area contributed by atoms with Crippen molar-refractivity contribution in [3.8, 4) is 0 Å². The molecule has 1 fully saturated rings. The summed E-state index contributed by atoms with van der Waals surface area (Å²) in [6.07, 6.45) is 6.16. The van der Waals surface area contributed by atoms with Gasteiger partial charge in [0.15, 0.2) is 0 Å². The minimum absolute atomic E-state index is 0.248. The van der Waals surface area contributed by atoms with Gasteiger partial charge in [-0.2, -0.15) is 0 Å². The fraction of sp³-hybridized carbons (Fsp3) is 0.917. The van der Waals surface area contributed by atoms with Gasteiger partial charge in [0.25, 0.3) is 0 Å². The van der Waals surface area contributed by atoms with Gasteiger partial charge in [0.05, 0.1) is 12.2 Å². The number of rotatable bonds is 7. The fourth-order valence-electron chi connectivity index (χ4n) is 2.10. The van der Waals surface area contributed by atoms with Gasteiger partial charge >= 0.3 is 0 Å². The highest BCUT2D eigenvalue weighted by Gasteiger charge is 2.22. The lowest BCUT2D eigenvalue weighted by Gasteiger charge is -2.29. The van der Waals surface area contributed by atoms with Crippen molar-refractivity contribution in [2.24, 2.45) is 5.73 Å². The van der Waals surface area contributed by atoms with Crippen LogP contribution in [0.1, 0.15) is 45.4 Å². The Balaban J connectivity index is 2.04. The van der Waals surface area contributed by atoms with Gasteiger partial charge in [0.2, 0.25) is 5.91 Å². The van der Waals surface area contributed by atoms with Crippen LogP contribution in [0.15, 0.2) is 0 Å². The smallest absolute Gasteiger partial charge is 0.217 e. The summed E-state index contributed by atoms with van der Waals surface area (Å²) in [6, 6.07) is 0. The largest absolute Gasteiger partial charge is 0.378 e. The van der Waals surface area contributed by atoms with Crippen molar-refractivity contribution in [2.45, 2.75) is 61.8 Å². The van der Waals surface area contributed by atoms with E-state index in [2.05, 4.69) is 29.5 Å². The van der Waals surface area contributed by atoms with Gasteiger partial charge < -0.3 is 15.2 Å². The monoisotopic (exact) mass is 355 g/mol.